The molecule has 1 fully saturated rings. The Balaban J connectivity index is 2.14. The van der Waals surface area contributed by atoms with E-state index in [0.29, 0.717) is 18.1 Å². The molecule has 1 aromatic carbocycles. The van der Waals surface area contributed by atoms with Gasteiger partial charge in [0, 0.05) is 6.04 Å². The van der Waals surface area contributed by atoms with Gasteiger partial charge in [0.1, 0.15) is 6.10 Å². The van der Waals surface area contributed by atoms with Crippen molar-refractivity contribution in [2.45, 2.75) is 59.1 Å². The van der Waals surface area contributed by atoms with Crippen LogP contribution in [-0.4, -0.2) is 25.3 Å². The lowest BCUT2D eigenvalue weighted by molar-refractivity contribution is 0.0513. The molecule has 1 aliphatic rings. The quantitative estimate of drug-likeness (QED) is 0.858. The van der Waals surface area contributed by atoms with Gasteiger partial charge in [0.25, 0.3) is 0 Å². The minimum absolute atomic E-state index is 0.204. The smallest absolute Gasteiger partial charge is 0.161 e. The Bertz CT molecular complexity index is 445. The minimum Gasteiger partial charge on any atom is -0.490 e. The first-order valence-corrected chi connectivity index (χ1v) is 8.17. The summed E-state index contributed by atoms with van der Waals surface area (Å²) in [5.41, 5.74) is 0.344. The largest absolute Gasteiger partial charge is 0.490 e. The molecule has 3 heteroatoms. The molecule has 2 unspecified atom stereocenters. The summed E-state index contributed by atoms with van der Waals surface area (Å²) in [5, 5.41) is 3.58. The molecule has 0 saturated heterocycles. The lowest BCUT2D eigenvalue weighted by Gasteiger charge is -2.41. The Hall–Kier alpha value is -1.22. The fourth-order valence-electron chi connectivity index (χ4n) is 3.13. The van der Waals surface area contributed by atoms with Gasteiger partial charge in [-0.25, -0.2) is 0 Å². The molecule has 2 atom stereocenters. The molecule has 0 radical (unpaired) electrons. The van der Waals surface area contributed by atoms with E-state index in [1.54, 1.807) is 0 Å². The average Bonchev–Trinajstić information content (AvgIpc) is 2.44. The molecule has 1 aromatic rings. The summed E-state index contributed by atoms with van der Waals surface area (Å²) < 4.78 is 12.0. The Morgan fingerprint density at radius 2 is 1.90 bits per heavy atom. The zero-order chi connectivity index (χ0) is 15.3. The summed E-state index contributed by atoms with van der Waals surface area (Å²) in [6.45, 7) is 10.5. The molecule has 0 heterocycles. The van der Waals surface area contributed by atoms with E-state index < -0.39 is 0 Å². The Labute approximate surface area is 129 Å². The number of nitrogens with one attached hydrogen (secondary N) is 1. The molecule has 1 aliphatic carbocycles. The molecule has 1 N–H and O–H groups in total. The van der Waals surface area contributed by atoms with Crippen molar-refractivity contribution in [2.75, 3.05) is 13.2 Å². The molecular weight excluding hydrogens is 262 g/mol. The number of benzene rings is 1. The third-order valence-electron chi connectivity index (χ3n) is 4.23. The third-order valence-corrected chi connectivity index (χ3v) is 4.23. The predicted octanol–water partition coefficient (Wildman–Crippen LogP) is 4.02. The first-order valence-electron chi connectivity index (χ1n) is 8.17. The van der Waals surface area contributed by atoms with Crippen LogP contribution in [0.3, 0.4) is 0 Å². The van der Waals surface area contributed by atoms with Crippen LogP contribution in [0, 0.1) is 5.41 Å². The van der Waals surface area contributed by atoms with Crippen molar-refractivity contribution in [3.63, 3.8) is 0 Å². The van der Waals surface area contributed by atoms with Crippen molar-refractivity contribution in [3.05, 3.63) is 24.3 Å². The van der Waals surface area contributed by atoms with Gasteiger partial charge in [-0.2, -0.15) is 0 Å². The first-order chi connectivity index (χ1) is 10.1. The Morgan fingerprint density at radius 1 is 1.19 bits per heavy atom. The van der Waals surface area contributed by atoms with Crippen molar-refractivity contribution < 1.29 is 9.47 Å². The molecular formula is C18H29NO2. The molecule has 0 bridgehead atoms. The molecule has 0 aromatic heterocycles. The number of rotatable bonds is 6. The second-order valence-corrected chi connectivity index (χ2v) is 6.61. The van der Waals surface area contributed by atoms with Crippen LogP contribution in [0.5, 0.6) is 11.5 Å². The Kier molecular flexibility index (Phi) is 5.51. The molecule has 1 saturated carbocycles. The maximum Gasteiger partial charge on any atom is 0.161 e. The van der Waals surface area contributed by atoms with E-state index in [0.717, 1.165) is 24.5 Å². The maximum absolute atomic E-state index is 6.35. The summed E-state index contributed by atoms with van der Waals surface area (Å²) in [6, 6.07) is 8.42. The monoisotopic (exact) mass is 291 g/mol. The topological polar surface area (TPSA) is 30.5 Å². The van der Waals surface area contributed by atoms with Gasteiger partial charge < -0.3 is 14.8 Å². The number of likely N-dealkylation sites (N-methyl/N-ethyl adjacent to an activating group) is 1. The van der Waals surface area contributed by atoms with Gasteiger partial charge in [0.15, 0.2) is 11.5 Å². The van der Waals surface area contributed by atoms with Crippen molar-refractivity contribution >= 4 is 0 Å². The van der Waals surface area contributed by atoms with Gasteiger partial charge in [0.05, 0.1) is 6.61 Å². The van der Waals surface area contributed by atoms with E-state index in [2.05, 4.69) is 26.1 Å². The zero-order valence-electron chi connectivity index (χ0n) is 13.8. The summed E-state index contributed by atoms with van der Waals surface area (Å²) in [5.74, 6) is 1.71. The van der Waals surface area contributed by atoms with Gasteiger partial charge in [-0.3, -0.25) is 0 Å². The van der Waals surface area contributed by atoms with Crippen LogP contribution in [0.1, 0.15) is 47.0 Å². The van der Waals surface area contributed by atoms with Crippen molar-refractivity contribution in [2.24, 2.45) is 5.41 Å². The fraction of sp³-hybridized carbons (Fsp3) is 0.667. The summed E-state index contributed by atoms with van der Waals surface area (Å²) in [7, 11) is 0. The van der Waals surface area contributed by atoms with Crippen LogP contribution in [-0.2, 0) is 0 Å². The van der Waals surface area contributed by atoms with Crippen LogP contribution in [0.4, 0.5) is 0 Å². The van der Waals surface area contributed by atoms with Gasteiger partial charge in [0.2, 0.25) is 0 Å². The zero-order valence-corrected chi connectivity index (χ0v) is 13.8. The molecule has 0 aliphatic heterocycles. The van der Waals surface area contributed by atoms with Crippen molar-refractivity contribution in [1.82, 2.24) is 5.32 Å². The number of para-hydroxylation sites is 2. The highest BCUT2D eigenvalue weighted by molar-refractivity contribution is 5.39. The van der Waals surface area contributed by atoms with Crippen molar-refractivity contribution in [1.29, 1.82) is 0 Å². The van der Waals surface area contributed by atoms with Crippen LogP contribution >= 0.6 is 0 Å². The summed E-state index contributed by atoms with van der Waals surface area (Å²) in [6.07, 6.45) is 3.70. The van der Waals surface area contributed by atoms with Crippen LogP contribution in [0.2, 0.25) is 0 Å². The second kappa shape index (κ2) is 7.17. The molecule has 3 nitrogen and oxygen atoms in total. The minimum atomic E-state index is 0.204. The van der Waals surface area contributed by atoms with E-state index in [1.165, 1.54) is 12.8 Å². The fourth-order valence-corrected chi connectivity index (χ4v) is 3.13. The Morgan fingerprint density at radius 3 is 2.57 bits per heavy atom. The van der Waals surface area contributed by atoms with Crippen LogP contribution in [0.15, 0.2) is 24.3 Å². The standard InChI is InChI=1S/C18H29NO2/c1-5-19-14-11-12-18(3,4)13-17(14)21-16-10-8-7-9-15(16)20-6-2/h7-10,14,17,19H,5-6,11-13H2,1-4H3. The highest BCUT2D eigenvalue weighted by atomic mass is 16.5. The van der Waals surface area contributed by atoms with Crippen molar-refractivity contribution in [3.8, 4) is 11.5 Å². The van der Waals surface area contributed by atoms with E-state index in [9.17, 15) is 0 Å². The van der Waals surface area contributed by atoms with E-state index in [1.807, 2.05) is 31.2 Å². The lowest BCUT2D eigenvalue weighted by Crippen LogP contribution is -2.49. The molecule has 0 spiro atoms. The molecule has 118 valence electrons. The number of ether oxygens (including phenoxy) is 2. The highest BCUT2D eigenvalue weighted by Crippen LogP contribution is 2.38. The van der Waals surface area contributed by atoms with Gasteiger partial charge >= 0.3 is 0 Å². The average molecular weight is 291 g/mol. The molecule has 0 amide bonds. The SMILES string of the molecule is CCNC1CCC(C)(C)CC1Oc1ccccc1OCC. The first kappa shape index (κ1) is 16.2. The summed E-state index contributed by atoms with van der Waals surface area (Å²) >= 11 is 0. The predicted molar refractivity (Wildman–Crippen MR) is 87.1 cm³/mol. The third kappa shape index (κ3) is 4.37. The lowest BCUT2D eigenvalue weighted by atomic mass is 9.74. The van der Waals surface area contributed by atoms with E-state index in [-0.39, 0.29) is 6.10 Å². The highest BCUT2D eigenvalue weighted by Gasteiger charge is 2.36. The second-order valence-electron chi connectivity index (χ2n) is 6.61. The van der Waals surface area contributed by atoms with Crippen LogP contribution < -0.4 is 14.8 Å². The normalized spacial score (nSPS) is 24.6. The van der Waals surface area contributed by atoms with Gasteiger partial charge in [-0.15, -0.1) is 0 Å². The van der Waals surface area contributed by atoms with Crippen LogP contribution in [0.25, 0.3) is 0 Å². The number of hydrogen-bond acceptors (Lipinski definition) is 3. The summed E-state index contributed by atoms with van der Waals surface area (Å²) in [4.78, 5) is 0. The van der Waals surface area contributed by atoms with Gasteiger partial charge in [-0.05, 0) is 50.3 Å². The molecule has 21 heavy (non-hydrogen) atoms. The maximum atomic E-state index is 6.35. The van der Waals surface area contributed by atoms with Gasteiger partial charge in [-0.1, -0.05) is 32.9 Å². The number of hydrogen-bond donors (Lipinski definition) is 1. The molecule has 2 rings (SSSR count). The van der Waals surface area contributed by atoms with E-state index >= 15 is 0 Å². The van der Waals surface area contributed by atoms with E-state index in [4.69, 9.17) is 9.47 Å².